The number of halogens is 1. The van der Waals surface area contributed by atoms with E-state index in [9.17, 15) is 0 Å². The molecule has 30 valence electrons. The Hall–Kier alpha value is 0.150. The van der Waals surface area contributed by atoms with Crippen molar-refractivity contribution in [3.05, 3.63) is 0 Å². The molecule has 0 saturated carbocycles. The lowest BCUT2D eigenvalue weighted by molar-refractivity contribution is 1.29. The Balaban J connectivity index is 2.85. The second-order valence-electron chi connectivity index (χ2n) is 0.758. The van der Waals surface area contributed by atoms with Crippen molar-refractivity contribution in [2.45, 2.75) is 13.3 Å². The van der Waals surface area contributed by atoms with Gasteiger partial charge in [0.05, 0.1) is 4.62 Å². The third-order valence-corrected chi connectivity index (χ3v) is 0.871. The van der Waals surface area contributed by atoms with Crippen LogP contribution in [0.3, 0.4) is 0 Å². The van der Waals surface area contributed by atoms with Crippen LogP contribution in [-0.2, 0) is 0 Å². The first-order valence-electron chi connectivity index (χ1n) is 1.50. The van der Waals surface area contributed by atoms with E-state index in [1.54, 1.807) is 0 Å². The zero-order valence-corrected chi connectivity index (χ0v) is 4.67. The number of nitrogens with one attached hydrogen (secondary N) is 1. The van der Waals surface area contributed by atoms with Gasteiger partial charge in [-0.1, -0.05) is 6.92 Å². The van der Waals surface area contributed by atoms with Crippen molar-refractivity contribution in [1.82, 2.24) is 0 Å². The minimum Gasteiger partial charge on any atom is -0.298 e. The van der Waals surface area contributed by atoms with Crippen LogP contribution in [0.2, 0.25) is 0 Å². The molecule has 0 spiro atoms. The maximum atomic E-state index is 6.66. The van der Waals surface area contributed by atoms with Gasteiger partial charge in [-0.15, -0.1) is 0 Å². The van der Waals surface area contributed by atoms with E-state index in [0.717, 1.165) is 6.42 Å². The molecule has 0 saturated heterocycles. The molecule has 0 aromatic rings. The highest BCUT2D eigenvalue weighted by Gasteiger charge is 1.73. The summed E-state index contributed by atoms with van der Waals surface area (Å²) in [5, 5.41) is 6.66. The van der Waals surface area contributed by atoms with Gasteiger partial charge in [0.1, 0.15) is 0 Å². The Morgan fingerprint density at radius 1 is 2.00 bits per heavy atom. The molecular formula is C3H6BrN. The van der Waals surface area contributed by atoms with Crippen LogP contribution < -0.4 is 0 Å². The van der Waals surface area contributed by atoms with Crippen LogP contribution in [0.15, 0.2) is 0 Å². The molecule has 0 bridgehead atoms. The molecule has 1 N–H and O–H groups in total. The van der Waals surface area contributed by atoms with Gasteiger partial charge in [0.15, 0.2) is 0 Å². The van der Waals surface area contributed by atoms with Crippen LogP contribution >= 0.6 is 15.9 Å². The zero-order chi connectivity index (χ0) is 4.28. The van der Waals surface area contributed by atoms with E-state index in [-0.39, 0.29) is 0 Å². The van der Waals surface area contributed by atoms with Crippen LogP contribution in [0.5, 0.6) is 0 Å². The predicted octanol–water partition coefficient (Wildman–Crippen LogP) is 1.77. The topological polar surface area (TPSA) is 23.9 Å². The molecular weight excluding hydrogens is 130 g/mol. The lowest BCUT2D eigenvalue weighted by Crippen LogP contribution is -1.71. The van der Waals surface area contributed by atoms with Gasteiger partial charge >= 0.3 is 0 Å². The van der Waals surface area contributed by atoms with Gasteiger partial charge in [0, 0.05) is 0 Å². The molecule has 0 aliphatic heterocycles. The molecule has 0 radical (unpaired) electrons. The van der Waals surface area contributed by atoms with E-state index in [1.165, 1.54) is 0 Å². The van der Waals surface area contributed by atoms with Crippen LogP contribution in [0, 0.1) is 5.41 Å². The average molecular weight is 136 g/mol. The van der Waals surface area contributed by atoms with Crippen molar-refractivity contribution in [3.63, 3.8) is 0 Å². The molecule has 5 heavy (non-hydrogen) atoms. The second-order valence-corrected chi connectivity index (χ2v) is 1.72. The first kappa shape index (κ1) is 5.15. The van der Waals surface area contributed by atoms with Gasteiger partial charge in [-0.3, -0.25) is 5.41 Å². The summed E-state index contributed by atoms with van der Waals surface area (Å²) in [6.45, 7) is 1.93. The predicted molar refractivity (Wildman–Crippen MR) is 26.9 cm³/mol. The Bertz CT molecular complexity index is 42.2. The van der Waals surface area contributed by atoms with Crippen LogP contribution in [0.1, 0.15) is 13.3 Å². The van der Waals surface area contributed by atoms with Gasteiger partial charge in [-0.25, -0.2) is 0 Å². The second kappa shape index (κ2) is 2.39. The maximum absolute atomic E-state index is 6.66. The number of hydrogen-bond donors (Lipinski definition) is 1. The molecule has 0 aromatic heterocycles. The van der Waals surface area contributed by atoms with Crippen LogP contribution in [-0.4, -0.2) is 4.62 Å². The Morgan fingerprint density at radius 2 is 2.20 bits per heavy atom. The normalized spacial score (nSPS) is 7.60. The Kier molecular flexibility index (Phi) is 2.46. The molecule has 0 fully saturated rings. The summed E-state index contributed by atoms with van der Waals surface area (Å²) < 4.78 is 0.567. The van der Waals surface area contributed by atoms with Gasteiger partial charge in [0.2, 0.25) is 0 Å². The smallest absolute Gasteiger partial charge is 0.0737 e. The first-order valence-corrected chi connectivity index (χ1v) is 2.29. The molecule has 0 aromatic carbocycles. The van der Waals surface area contributed by atoms with Gasteiger partial charge in [0.25, 0.3) is 0 Å². The minimum absolute atomic E-state index is 0.567. The fourth-order valence-electron chi connectivity index (χ4n) is 0. The fraction of sp³-hybridized carbons (Fsp3) is 0.667. The molecule has 0 aliphatic rings. The zero-order valence-electron chi connectivity index (χ0n) is 3.09. The molecule has 0 unspecified atom stereocenters. The molecule has 2 heteroatoms. The summed E-state index contributed by atoms with van der Waals surface area (Å²) in [5.74, 6) is 0. The van der Waals surface area contributed by atoms with Crippen molar-refractivity contribution < 1.29 is 0 Å². The molecule has 0 atom stereocenters. The van der Waals surface area contributed by atoms with E-state index >= 15 is 0 Å². The average Bonchev–Trinajstić information content (AvgIpc) is 1.38. The van der Waals surface area contributed by atoms with Crippen molar-refractivity contribution in [3.8, 4) is 0 Å². The number of rotatable bonds is 1. The van der Waals surface area contributed by atoms with Crippen molar-refractivity contribution in [1.29, 1.82) is 5.41 Å². The van der Waals surface area contributed by atoms with Gasteiger partial charge in [-0.2, -0.15) is 0 Å². The highest BCUT2D eigenvalue weighted by atomic mass is 79.9. The maximum Gasteiger partial charge on any atom is 0.0737 e. The molecule has 0 amide bonds. The van der Waals surface area contributed by atoms with Crippen molar-refractivity contribution in [2.24, 2.45) is 0 Å². The lowest BCUT2D eigenvalue weighted by Gasteiger charge is -1.74. The van der Waals surface area contributed by atoms with E-state index in [1.807, 2.05) is 6.92 Å². The van der Waals surface area contributed by atoms with Crippen LogP contribution in [0.25, 0.3) is 0 Å². The van der Waals surface area contributed by atoms with Crippen LogP contribution in [0.4, 0.5) is 0 Å². The van der Waals surface area contributed by atoms with E-state index in [0.29, 0.717) is 4.62 Å². The summed E-state index contributed by atoms with van der Waals surface area (Å²) in [6, 6.07) is 0. The summed E-state index contributed by atoms with van der Waals surface area (Å²) in [5.41, 5.74) is 0. The summed E-state index contributed by atoms with van der Waals surface area (Å²) >= 11 is 2.96. The molecule has 0 rings (SSSR count). The standard InChI is InChI=1S/C3H6BrN/c1-2-3(4)5/h5H,2H2,1H3. The first-order chi connectivity index (χ1) is 2.27. The SMILES string of the molecule is CCC(=N)Br. The fourth-order valence-corrected chi connectivity index (χ4v) is 0. The van der Waals surface area contributed by atoms with Crippen molar-refractivity contribution in [2.75, 3.05) is 0 Å². The Morgan fingerprint density at radius 3 is 2.20 bits per heavy atom. The monoisotopic (exact) mass is 135 g/mol. The highest BCUT2D eigenvalue weighted by molar-refractivity contribution is 9.18. The Labute approximate surface area is 40.0 Å². The molecule has 0 heterocycles. The summed E-state index contributed by atoms with van der Waals surface area (Å²) in [6.07, 6.45) is 0.806. The quantitative estimate of drug-likeness (QED) is 0.531. The third kappa shape index (κ3) is 4.15. The van der Waals surface area contributed by atoms with Gasteiger partial charge in [-0.05, 0) is 22.4 Å². The van der Waals surface area contributed by atoms with E-state index in [4.69, 9.17) is 5.41 Å². The minimum atomic E-state index is 0.567. The van der Waals surface area contributed by atoms with E-state index in [2.05, 4.69) is 15.9 Å². The van der Waals surface area contributed by atoms with Gasteiger partial charge < -0.3 is 0 Å². The lowest BCUT2D eigenvalue weighted by atomic mass is 10.6. The number of hydrogen-bond acceptors (Lipinski definition) is 1. The van der Waals surface area contributed by atoms with Crippen molar-refractivity contribution >= 4 is 20.6 Å². The summed E-state index contributed by atoms with van der Waals surface area (Å²) in [7, 11) is 0. The molecule has 0 aliphatic carbocycles. The summed E-state index contributed by atoms with van der Waals surface area (Å²) in [4.78, 5) is 0. The largest absolute Gasteiger partial charge is 0.298 e. The highest BCUT2D eigenvalue weighted by Crippen LogP contribution is 1.87. The molecule has 1 nitrogen and oxygen atoms in total. The third-order valence-electron chi connectivity index (χ3n) is 0.310. The van der Waals surface area contributed by atoms with E-state index < -0.39 is 0 Å².